The first-order chi connectivity index (χ1) is 5.52. The van der Waals surface area contributed by atoms with Gasteiger partial charge in [0.05, 0.1) is 5.56 Å². The van der Waals surface area contributed by atoms with E-state index >= 15 is 0 Å². The zero-order valence-corrected chi connectivity index (χ0v) is 7.90. The quantitative estimate of drug-likeness (QED) is 0.785. The van der Waals surface area contributed by atoms with Crippen LogP contribution < -0.4 is 0 Å². The molecule has 12 heavy (non-hydrogen) atoms. The van der Waals surface area contributed by atoms with Gasteiger partial charge in [-0.3, -0.25) is 0 Å². The number of halogens is 4. The average molecular weight is 258 g/mol. The second kappa shape index (κ2) is 3.53. The van der Waals surface area contributed by atoms with E-state index in [1.807, 2.05) is 0 Å². The highest BCUT2D eigenvalue weighted by Crippen LogP contribution is 2.34. The molecule has 0 aliphatic carbocycles. The van der Waals surface area contributed by atoms with Gasteiger partial charge in [0.25, 0.3) is 6.43 Å². The summed E-state index contributed by atoms with van der Waals surface area (Å²) >= 11 is 8.17. The molecule has 6 heteroatoms. The summed E-state index contributed by atoms with van der Waals surface area (Å²) in [7, 11) is 0. The molecule has 0 saturated carbocycles. The number of aromatic hydroxyl groups is 1. The highest BCUT2D eigenvalue weighted by Gasteiger charge is 2.16. The molecule has 1 N–H and O–H groups in total. The van der Waals surface area contributed by atoms with Crippen LogP contribution >= 0.6 is 27.5 Å². The summed E-state index contributed by atoms with van der Waals surface area (Å²) in [5.41, 5.74) is -0.526. The minimum atomic E-state index is -2.76. The van der Waals surface area contributed by atoms with Crippen LogP contribution in [0.4, 0.5) is 8.78 Å². The van der Waals surface area contributed by atoms with E-state index in [1.54, 1.807) is 0 Å². The number of nitrogens with zero attached hydrogens (tertiary/aromatic N) is 1. The van der Waals surface area contributed by atoms with Crippen molar-refractivity contribution in [1.29, 1.82) is 0 Å². The van der Waals surface area contributed by atoms with E-state index in [-0.39, 0.29) is 9.76 Å². The lowest BCUT2D eigenvalue weighted by Gasteiger charge is -2.04. The van der Waals surface area contributed by atoms with E-state index in [9.17, 15) is 8.78 Å². The number of hydrogen-bond acceptors (Lipinski definition) is 2. The maximum absolute atomic E-state index is 12.1. The molecule has 66 valence electrons. The minimum Gasteiger partial charge on any atom is -0.505 e. The van der Waals surface area contributed by atoms with Crippen molar-refractivity contribution in [2.24, 2.45) is 0 Å². The first-order valence-corrected chi connectivity index (χ1v) is 4.02. The number of rotatable bonds is 1. The fraction of sp³-hybridized carbons (Fsp3) is 0.167. The van der Waals surface area contributed by atoms with Crippen molar-refractivity contribution < 1.29 is 13.9 Å². The van der Waals surface area contributed by atoms with Crippen molar-refractivity contribution >= 4 is 27.5 Å². The predicted octanol–water partition coefficient (Wildman–Crippen LogP) is 3.14. The molecule has 1 aromatic heterocycles. The SMILES string of the molecule is Oc1c(C(F)F)cc(Cl)nc1Br. The Labute approximate surface area is 80.3 Å². The molecule has 1 rings (SSSR count). The van der Waals surface area contributed by atoms with Crippen molar-refractivity contribution in [1.82, 2.24) is 4.98 Å². The zero-order valence-electron chi connectivity index (χ0n) is 5.56. The van der Waals surface area contributed by atoms with Gasteiger partial charge in [0.15, 0.2) is 5.75 Å². The Morgan fingerprint density at radius 1 is 1.58 bits per heavy atom. The predicted molar refractivity (Wildman–Crippen MR) is 43.6 cm³/mol. The van der Waals surface area contributed by atoms with E-state index in [4.69, 9.17) is 16.7 Å². The van der Waals surface area contributed by atoms with Gasteiger partial charge >= 0.3 is 0 Å². The molecule has 0 saturated heterocycles. The van der Waals surface area contributed by atoms with E-state index in [2.05, 4.69) is 20.9 Å². The van der Waals surface area contributed by atoms with Gasteiger partial charge in [-0.2, -0.15) is 0 Å². The van der Waals surface area contributed by atoms with Crippen LogP contribution in [0.5, 0.6) is 5.75 Å². The zero-order chi connectivity index (χ0) is 9.30. The van der Waals surface area contributed by atoms with Crippen LogP contribution in [0, 0.1) is 0 Å². The van der Waals surface area contributed by atoms with Crippen LogP contribution in [-0.4, -0.2) is 10.1 Å². The number of pyridine rings is 1. The van der Waals surface area contributed by atoms with Crippen molar-refractivity contribution in [3.05, 3.63) is 21.4 Å². The molecule has 0 bridgehead atoms. The van der Waals surface area contributed by atoms with Gasteiger partial charge in [-0.1, -0.05) is 11.6 Å². The normalized spacial score (nSPS) is 10.8. The van der Waals surface area contributed by atoms with E-state index in [0.717, 1.165) is 6.07 Å². The molecule has 0 atom stereocenters. The molecular weight excluding hydrogens is 255 g/mol. The summed E-state index contributed by atoms with van der Waals surface area (Å²) in [6.45, 7) is 0. The molecule has 0 aliphatic rings. The van der Waals surface area contributed by atoms with Crippen LogP contribution in [0.3, 0.4) is 0 Å². The molecule has 1 aromatic rings. The molecule has 0 spiro atoms. The summed E-state index contributed by atoms with van der Waals surface area (Å²) in [4.78, 5) is 3.51. The minimum absolute atomic E-state index is 0.0784. The van der Waals surface area contributed by atoms with E-state index in [1.165, 1.54) is 0 Å². The Bertz CT molecular complexity index is 308. The Hall–Kier alpha value is -0.420. The summed E-state index contributed by atoms with van der Waals surface area (Å²) in [5, 5.41) is 8.96. The lowest BCUT2D eigenvalue weighted by Crippen LogP contribution is -1.89. The van der Waals surface area contributed by atoms with E-state index in [0.29, 0.717) is 0 Å². The highest BCUT2D eigenvalue weighted by molar-refractivity contribution is 9.10. The van der Waals surface area contributed by atoms with Gasteiger partial charge in [-0.05, 0) is 22.0 Å². The third-order valence-corrected chi connectivity index (χ3v) is 1.93. The van der Waals surface area contributed by atoms with Crippen LogP contribution in [-0.2, 0) is 0 Å². The highest BCUT2D eigenvalue weighted by atomic mass is 79.9. The average Bonchev–Trinajstić information content (AvgIpc) is 1.96. The van der Waals surface area contributed by atoms with Gasteiger partial charge in [0, 0.05) is 0 Å². The smallest absolute Gasteiger partial charge is 0.267 e. The lowest BCUT2D eigenvalue weighted by atomic mass is 10.2. The molecule has 2 nitrogen and oxygen atoms in total. The van der Waals surface area contributed by atoms with Gasteiger partial charge in [-0.15, -0.1) is 0 Å². The summed E-state index contributed by atoms with van der Waals surface area (Å²) in [6.07, 6.45) is -2.76. The number of alkyl halides is 2. The largest absolute Gasteiger partial charge is 0.505 e. The second-order valence-electron chi connectivity index (χ2n) is 1.97. The summed E-state index contributed by atoms with van der Waals surface area (Å²) in [5.74, 6) is -0.575. The van der Waals surface area contributed by atoms with Crippen LogP contribution in [0.15, 0.2) is 10.7 Å². The van der Waals surface area contributed by atoms with Gasteiger partial charge < -0.3 is 5.11 Å². The Morgan fingerprint density at radius 2 is 2.17 bits per heavy atom. The van der Waals surface area contributed by atoms with Crippen LogP contribution in [0.2, 0.25) is 5.15 Å². The molecule has 0 aromatic carbocycles. The topological polar surface area (TPSA) is 33.1 Å². The number of hydrogen-bond donors (Lipinski definition) is 1. The number of aromatic nitrogens is 1. The molecule has 0 unspecified atom stereocenters. The molecule has 0 aliphatic heterocycles. The maximum Gasteiger partial charge on any atom is 0.267 e. The fourth-order valence-electron chi connectivity index (χ4n) is 0.661. The third-order valence-electron chi connectivity index (χ3n) is 1.18. The van der Waals surface area contributed by atoms with Crippen LogP contribution in [0.1, 0.15) is 12.0 Å². The van der Waals surface area contributed by atoms with Crippen molar-refractivity contribution in [2.75, 3.05) is 0 Å². The van der Waals surface area contributed by atoms with Crippen molar-refractivity contribution in [2.45, 2.75) is 6.43 Å². The van der Waals surface area contributed by atoms with Gasteiger partial charge in [0.2, 0.25) is 0 Å². The monoisotopic (exact) mass is 257 g/mol. The molecule has 1 heterocycles. The first kappa shape index (κ1) is 9.67. The Kier molecular flexibility index (Phi) is 2.85. The van der Waals surface area contributed by atoms with Crippen LogP contribution in [0.25, 0.3) is 0 Å². The standard InChI is InChI=1S/C6H3BrClF2NO/c7-5-4(12)2(6(9)10)1-3(8)11-5/h1,6,12H. The fourth-order valence-corrected chi connectivity index (χ4v) is 1.39. The van der Waals surface area contributed by atoms with Crippen molar-refractivity contribution in [3.63, 3.8) is 0 Å². The third kappa shape index (κ3) is 1.84. The Morgan fingerprint density at radius 3 is 2.67 bits per heavy atom. The summed E-state index contributed by atoms with van der Waals surface area (Å²) in [6, 6.07) is 0.923. The lowest BCUT2D eigenvalue weighted by molar-refractivity contribution is 0.147. The van der Waals surface area contributed by atoms with Gasteiger partial charge in [-0.25, -0.2) is 13.8 Å². The molecular formula is C6H3BrClF2NO. The molecule has 0 amide bonds. The summed E-state index contributed by atoms with van der Waals surface area (Å²) < 4.78 is 24.2. The molecule has 0 radical (unpaired) electrons. The molecule has 0 fully saturated rings. The van der Waals surface area contributed by atoms with E-state index < -0.39 is 17.7 Å². The van der Waals surface area contributed by atoms with Gasteiger partial charge in [0.1, 0.15) is 9.76 Å². The maximum atomic E-state index is 12.1. The Balaban J connectivity index is 3.28. The van der Waals surface area contributed by atoms with Crippen molar-refractivity contribution in [3.8, 4) is 5.75 Å². The second-order valence-corrected chi connectivity index (χ2v) is 3.11. The first-order valence-electron chi connectivity index (χ1n) is 2.85.